The lowest BCUT2D eigenvalue weighted by molar-refractivity contribution is 0.321. The first kappa shape index (κ1) is 11.3. The van der Waals surface area contributed by atoms with Gasteiger partial charge >= 0.3 is 0 Å². The number of halogens is 1. The summed E-state index contributed by atoms with van der Waals surface area (Å²) in [7, 11) is 1.55. The molecule has 0 fully saturated rings. The van der Waals surface area contributed by atoms with Gasteiger partial charge in [0.05, 0.1) is 6.61 Å². The van der Waals surface area contributed by atoms with Crippen LogP contribution in [-0.4, -0.2) is 19.6 Å². The first-order chi connectivity index (χ1) is 7.17. The van der Waals surface area contributed by atoms with Crippen LogP contribution < -0.4 is 15.8 Å². The van der Waals surface area contributed by atoms with Crippen LogP contribution in [0.3, 0.4) is 0 Å². The standard InChI is InChI=1S/C10H14FN3O/c1-3-15-9-5-4-7(6-8(9)11)14-10(12)13-2/h4-6H,3H2,1-2H3,(H3,12,13,14). The Hall–Kier alpha value is -1.78. The van der Waals surface area contributed by atoms with Gasteiger partial charge in [-0.3, -0.25) is 4.99 Å². The number of hydrogen-bond acceptors (Lipinski definition) is 2. The van der Waals surface area contributed by atoms with Crippen LogP contribution in [0.2, 0.25) is 0 Å². The molecular formula is C10H14FN3O. The second-order valence-corrected chi connectivity index (χ2v) is 2.81. The molecule has 1 rings (SSSR count). The van der Waals surface area contributed by atoms with E-state index >= 15 is 0 Å². The molecule has 0 radical (unpaired) electrons. The third kappa shape index (κ3) is 3.12. The summed E-state index contributed by atoms with van der Waals surface area (Å²) in [6, 6.07) is 4.53. The summed E-state index contributed by atoms with van der Waals surface area (Å²) in [4.78, 5) is 3.70. The molecule has 0 unspecified atom stereocenters. The Morgan fingerprint density at radius 2 is 2.33 bits per heavy atom. The third-order valence-electron chi connectivity index (χ3n) is 1.75. The van der Waals surface area contributed by atoms with Gasteiger partial charge in [-0.05, 0) is 19.1 Å². The topological polar surface area (TPSA) is 59.6 Å². The lowest BCUT2D eigenvalue weighted by atomic mass is 10.3. The van der Waals surface area contributed by atoms with Gasteiger partial charge in [-0.25, -0.2) is 4.39 Å². The predicted molar refractivity (Wildman–Crippen MR) is 58.7 cm³/mol. The molecule has 15 heavy (non-hydrogen) atoms. The number of guanidine groups is 1. The van der Waals surface area contributed by atoms with Gasteiger partial charge < -0.3 is 15.8 Å². The molecule has 0 aliphatic heterocycles. The summed E-state index contributed by atoms with van der Waals surface area (Å²) in [5.74, 6) is 0.0411. The van der Waals surface area contributed by atoms with E-state index in [-0.39, 0.29) is 11.7 Å². The second-order valence-electron chi connectivity index (χ2n) is 2.81. The Balaban J connectivity index is 2.82. The summed E-state index contributed by atoms with van der Waals surface area (Å²) in [6.07, 6.45) is 0. The van der Waals surface area contributed by atoms with E-state index in [0.29, 0.717) is 12.3 Å². The highest BCUT2D eigenvalue weighted by molar-refractivity contribution is 5.92. The van der Waals surface area contributed by atoms with Crippen LogP contribution in [0.15, 0.2) is 23.2 Å². The van der Waals surface area contributed by atoms with Crippen molar-refractivity contribution in [3.05, 3.63) is 24.0 Å². The van der Waals surface area contributed by atoms with Crippen molar-refractivity contribution in [2.75, 3.05) is 19.0 Å². The van der Waals surface area contributed by atoms with Gasteiger partial charge in [0.1, 0.15) is 0 Å². The number of nitrogens with two attached hydrogens (primary N) is 1. The fourth-order valence-electron chi connectivity index (χ4n) is 1.05. The molecule has 5 heteroatoms. The van der Waals surface area contributed by atoms with Gasteiger partial charge in [-0.15, -0.1) is 0 Å². The monoisotopic (exact) mass is 211 g/mol. The molecule has 0 aliphatic carbocycles. The minimum absolute atomic E-state index is 0.232. The van der Waals surface area contributed by atoms with Gasteiger partial charge in [0.25, 0.3) is 0 Å². The molecule has 0 aliphatic rings. The van der Waals surface area contributed by atoms with Crippen LogP contribution in [-0.2, 0) is 0 Å². The maximum atomic E-state index is 13.3. The smallest absolute Gasteiger partial charge is 0.192 e. The van der Waals surface area contributed by atoms with Crippen molar-refractivity contribution in [3.8, 4) is 5.75 Å². The quantitative estimate of drug-likeness (QED) is 0.589. The number of rotatable bonds is 3. The van der Waals surface area contributed by atoms with E-state index in [0.717, 1.165) is 0 Å². The number of hydrogen-bond donors (Lipinski definition) is 2. The molecule has 4 nitrogen and oxygen atoms in total. The zero-order chi connectivity index (χ0) is 11.3. The summed E-state index contributed by atoms with van der Waals surface area (Å²) in [5.41, 5.74) is 5.98. The minimum Gasteiger partial charge on any atom is -0.491 e. The first-order valence-corrected chi connectivity index (χ1v) is 4.59. The fraction of sp³-hybridized carbons (Fsp3) is 0.300. The molecule has 0 saturated heterocycles. The zero-order valence-corrected chi connectivity index (χ0v) is 8.75. The highest BCUT2D eigenvalue weighted by Crippen LogP contribution is 2.20. The van der Waals surface area contributed by atoms with E-state index in [4.69, 9.17) is 10.5 Å². The van der Waals surface area contributed by atoms with Crippen LogP contribution in [0.25, 0.3) is 0 Å². The fourth-order valence-corrected chi connectivity index (χ4v) is 1.05. The number of ether oxygens (including phenoxy) is 1. The molecule has 0 spiro atoms. The van der Waals surface area contributed by atoms with Gasteiger partial charge in [0.15, 0.2) is 17.5 Å². The highest BCUT2D eigenvalue weighted by atomic mass is 19.1. The average molecular weight is 211 g/mol. The van der Waals surface area contributed by atoms with Crippen molar-refractivity contribution < 1.29 is 9.13 Å². The van der Waals surface area contributed by atoms with Gasteiger partial charge in [0.2, 0.25) is 0 Å². The maximum Gasteiger partial charge on any atom is 0.192 e. The number of nitrogens with zero attached hydrogens (tertiary/aromatic N) is 1. The Bertz CT molecular complexity index is 366. The Kier molecular flexibility index (Phi) is 3.91. The zero-order valence-electron chi connectivity index (χ0n) is 8.75. The number of nitrogens with one attached hydrogen (secondary N) is 1. The summed E-state index contributed by atoms with van der Waals surface area (Å²) in [6.45, 7) is 2.23. The number of aliphatic imine (C=N–C) groups is 1. The SMILES string of the molecule is CCOc1ccc(NC(N)=NC)cc1F. The molecule has 1 aromatic carbocycles. The molecule has 0 amide bonds. The van der Waals surface area contributed by atoms with Crippen LogP contribution in [0, 0.1) is 5.82 Å². The van der Waals surface area contributed by atoms with Crippen molar-refractivity contribution in [3.63, 3.8) is 0 Å². The van der Waals surface area contributed by atoms with E-state index in [1.807, 2.05) is 0 Å². The first-order valence-electron chi connectivity index (χ1n) is 4.59. The summed E-state index contributed by atoms with van der Waals surface area (Å²) in [5, 5.41) is 2.73. The predicted octanol–water partition coefficient (Wildman–Crippen LogP) is 1.58. The van der Waals surface area contributed by atoms with Crippen molar-refractivity contribution in [1.82, 2.24) is 0 Å². The van der Waals surface area contributed by atoms with Crippen molar-refractivity contribution in [2.45, 2.75) is 6.92 Å². The van der Waals surface area contributed by atoms with Crippen LogP contribution in [0.5, 0.6) is 5.75 Å². The van der Waals surface area contributed by atoms with Gasteiger partial charge in [-0.1, -0.05) is 0 Å². The van der Waals surface area contributed by atoms with Crippen molar-refractivity contribution >= 4 is 11.6 Å². The van der Waals surface area contributed by atoms with Crippen LogP contribution in [0.1, 0.15) is 6.92 Å². The summed E-state index contributed by atoms with van der Waals surface area (Å²) >= 11 is 0. The van der Waals surface area contributed by atoms with E-state index in [9.17, 15) is 4.39 Å². The Morgan fingerprint density at radius 3 is 2.87 bits per heavy atom. The number of benzene rings is 1. The largest absolute Gasteiger partial charge is 0.491 e. The lowest BCUT2D eigenvalue weighted by Gasteiger charge is -2.08. The normalized spacial score (nSPS) is 11.3. The lowest BCUT2D eigenvalue weighted by Crippen LogP contribution is -2.22. The second kappa shape index (κ2) is 5.19. The van der Waals surface area contributed by atoms with Gasteiger partial charge in [0, 0.05) is 18.8 Å². The molecule has 1 aromatic rings. The van der Waals surface area contributed by atoms with E-state index < -0.39 is 5.82 Å². The van der Waals surface area contributed by atoms with Crippen molar-refractivity contribution in [1.29, 1.82) is 0 Å². The third-order valence-corrected chi connectivity index (χ3v) is 1.75. The highest BCUT2D eigenvalue weighted by Gasteiger charge is 2.04. The molecule has 0 saturated carbocycles. The minimum atomic E-state index is -0.425. The van der Waals surface area contributed by atoms with Gasteiger partial charge in [-0.2, -0.15) is 0 Å². The van der Waals surface area contributed by atoms with E-state index in [1.54, 1.807) is 26.1 Å². The van der Waals surface area contributed by atoms with Crippen LogP contribution in [0.4, 0.5) is 10.1 Å². The maximum absolute atomic E-state index is 13.3. The average Bonchev–Trinajstić information content (AvgIpc) is 2.22. The van der Waals surface area contributed by atoms with E-state index in [2.05, 4.69) is 10.3 Å². The molecule has 0 bridgehead atoms. The molecule has 3 N–H and O–H groups in total. The molecule has 0 aromatic heterocycles. The Morgan fingerprint density at radius 1 is 1.60 bits per heavy atom. The summed E-state index contributed by atoms with van der Waals surface area (Å²) < 4.78 is 18.4. The molecular weight excluding hydrogens is 197 g/mol. The molecule has 82 valence electrons. The number of anilines is 1. The molecule has 0 atom stereocenters. The van der Waals surface area contributed by atoms with Crippen molar-refractivity contribution in [2.24, 2.45) is 10.7 Å². The van der Waals surface area contributed by atoms with Crippen LogP contribution >= 0.6 is 0 Å². The Labute approximate surface area is 88.0 Å². The molecule has 0 heterocycles. The van der Waals surface area contributed by atoms with E-state index in [1.165, 1.54) is 6.07 Å².